The third kappa shape index (κ3) is 3.45. The maximum atomic E-state index is 9.01. The summed E-state index contributed by atoms with van der Waals surface area (Å²) in [5.41, 5.74) is 3.84. The van der Waals surface area contributed by atoms with Crippen molar-refractivity contribution in [3.63, 3.8) is 0 Å². The lowest BCUT2D eigenvalue weighted by Gasteiger charge is -2.22. The van der Waals surface area contributed by atoms with E-state index in [0.717, 1.165) is 12.6 Å². The summed E-state index contributed by atoms with van der Waals surface area (Å²) in [7, 11) is 2.03. The highest BCUT2D eigenvalue weighted by atomic mass is 16.3. The molecule has 0 aliphatic heterocycles. The highest BCUT2D eigenvalue weighted by Crippen LogP contribution is 2.24. The third-order valence-corrected chi connectivity index (χ3v) is 3.24. The summed E-state index contributed by atoms with van der Waals surface area (Å²) in [6, 6.07) is 7.24. The summed E-state index contributed by atoms with van der Waals surface area (Å²) in [6.07, 6.45) is 2.63. The van der Waals surface area contributed by atoms with Gasteiger partial charge in [0.2, 0.25) is 0 Å². The maximum Gasteiger partial charge on any atom is 0.0606 e. The molecule has 3 heteroatoms. The molecule has 0 spiro atoms. The van der Waals surface area contributed by atoms with Crippen LogP contribution in [0.2, 0.25) is 0 Å². The van der Waals surface area contributed by atoms with E-state index in [2.05, 4.69) is 35.3 Å². The van der Waals surface area contributed by atoms with Crippen molar-refractivity contribution in [2.45, 2.75) is 32.4 Å². The largest absolute Gasteiger partial charge is 0.395 e. The predicted molar refractivity (Wildman–Crippen MR) is 71.4 cm³/mol. The number of anilines is 1. The molecule has 1 aromatic carbocycles. The second-order valence-corrected chi connectivity index (χ2v) is 4.93. The Morgan fingerprint density at radius 3 is 2.82 bits per heavy atom. The van der Waals surface area contributed by atoms with Crippen molar-refractivity contribution in [2.24, 2.45) is 0 Å². The molecule has 2 rings (SSSR count). The molecule has 0 heterocycles. The molecule has 1 saturated carbocycles. The third-order valence-electron chi connectivity index (χ3n) is 3.24. The summed E-state index contributed by atoms with van der Waals surface area (Å²) in [5, 5.41) is 12.6. The van der Waals surface area contributed by atoms with Crippen LogP contribution in [0.3, 0.4) is 0 Å². The SMILES string of the molecule is Cc1ccc(N(C)CCO)c(CNC2CC2)c1. The summed E-state index contributed by atoms with van der Waals surface area (Å²) in [4.78, 5) is 2.11. The van der Waals surface area contributed by atoms with Gasteiger partial charge in [0, 0.05) is 31.9 Å². The number of aryl methyl sites for hydroxylation is 1. The van der Waals surface area contributed by atoms with E-state index in [1.165, 1.54) is 29.7 Å². The van der Waals surface area contributed by atoms with E-state index in [0.29, 0.717) is 6.54 Å². The Bertz CT molecular complexity index is 374. The zero-order chi connectivity index (χ0) is 12.3. The van der Waals surface area contributed by atoms with Crippen LogP contribution in [0.1, 0.15) is 24.0 Å². The predicted octanol–water partition coefficient (Wildman–Crippen LogP) is 1.68. The second-order valence-electron chi connectivity index (χ2n) is 4.93. The summed E-state index contributed by atoms with van der Waals surface area (Å²) in [6.45, 7) is 3.92. The van der Waals surface area contributed by atoms with Gasteiger partial charge in [0.15, 0.2) is 0 Å². The van der Waals surface area contributed by atoms with Crippen LogP contribution in [0, 0.1) is 6.92 Å². The van der Waals surface area contributed by atoms with Crippen LogP contribution in [0.15, 0.2) is 18.2 Å². The Morgan fingerprint density at radius 2 is 2.18 bits per heavy atom. The minimum absolute atomic E-state index is 0.194. The number of rotatable bonds is 6. The molecule has 1 aromatic rings. The highest BCUT2D eigenvalue weighted by Gasteiger charge is 2.20. The number of aliphatic hydroxyl groups excluding tert-OH is 1. The molecule has 0 radical (unpaired) electrons. The molecule has 17 heavy (non-hydrogen) atoms. The van der Waals surface area contributed by atoms with Crippen molar-refractivity contribution in [1.82, 2.24) is 5.32 Å². The Morgan fingerprint density at radius 1 is 1.41 bits per heavy atom. The monoisotopic (exact) mass is 234 g/mol. The lowest BCUT2D eigenvalue weighted by atomic mass is 10.1. The van der Waals surface area contributed by atoms with Gasteiger partial charge in [-0.3, -0.25) is 0 Å². The number of nitrogens with zero attached hydrogens (tertiary/aromatic N) is 1. The lowest BCUT2D eigenvalue weighted by Crippen LogP contribution is -2.24. The van der Waals surface area contributed by atoms with Gasteiger partial charge in [-0.05, 0) is 31.4 Å². The molecule has 0 bridgehead atoms. The molecule has 0 amide bonds. The molecule has 1 aliphatic rings. The molecule has 2 N–H and O–H groups in total. The molecular formula is C14H22N2O. The minimum Gasteiger partial charge on any atom is -0.395 e. The van der Waals surface area contributed by atoms with Crippen molar-refractivity contribution in [3.8, 4) is 0 Å². The molecule has 0 atom stereocenters. The Labute approximate surface area is 103 Å². The van der Waals surface area contributed by atoms with Crippen LogP contribution in [-0.4, -0.2) is 31.3 Å². The number of aliphatic hydroxyl groups is 1. The van der Waals surface area contributed by atoms with Gasteiger partial charge in [0.25, 0.3) is 0 Å². The summed E-state index contributed by atoms with van der Waals surface area (Å²) < 4.78 is 0. The smallest absolute Gasteiger partial charge is 0.0606 e. The number of hydrogen-bond acceptors (Lipinski definition) is 3. The van der Waals surface area contributed by atoms with Crippen LogP contribution >= 0.6 is 0 Å². The maximum absolute atomic E-state index is 9.01. The van der Waals surface area contributed by atoms with Gasteiger partial charge in [-0.2, -0.15) is 0 Å². The fourth-order valence-corrected chi connectivity index (χ4v) is 2.04. The van der Waals surface area contributed by atoms with Crippen molar-refractivity contribution >= 4 is 5.69 Å². The molecule has 0 aromatic heterocycles. The van der Waals surface area contributed by atoms with Crippen LogP contribution in [0.25, 0.3) is 0 Å². The van der Waals surface area contributed by atoms with E-state index in [-0.39, 0.29) is 6.61 Å². The van der Waals surface area contributed by atoms with E-state index in [9.17, 15) is 0 Å². The molecule has 1 fully saturated rings. The Kier molecular flexibility index (Phi) is 4.02. The highest BCUT2D eigenvalue weighted by molar-refractivity contribution is 5.54. The van der Waals surface area contributed by atoms with Crippen molar-refractivity contribution < 1.29 is 5.11 Å². The van der Waals surface area contributed by atoms with Crippen LogP contribution < -0.4 is 10.2 Å². The van der Waals surface area contributed by atoms with Gasteiger partial charge >= 0.3 is 0 Å². The van der Waals surface area contributed by atoms with E-state index in [1.807, 2.05) is 7.05 Å². The van der Waals surface area contributed by atoms with E-state index in [4.69, 9.17) is 5.11 Å². The number of hydrogen-bond donors (Lipinski definition) is 2. The zero-order valence-electron chi connectivity index (χ0n) is 10.7. The standard InChI is InChI=1S/C14H22N2O/c1-11-3-6-14(16(2)7-8-17)12(9-11)10-15-13-4-5-13/h3,6,9,13,15,17H,4-5,7-8,10H2,1-2H3. The molecule has 0 unspecified atom stereocenters. The van der Waals surface area contributed by atoms with Crippen LogP contribution in [-0.2, 0) is 6.54 Å². The molecule has 3 nitrogen and oxygen atoms in total. The van der Waals surface area contributed by atoms with Gasteiger partial charge in [-0.25, -0.2) is 0 Å². The number of benzene rings is 1. The van der Waals surface area contributed by atoms with E-state index in [1.54, 1.807) is 0 Å². The number of nitrogens with one attached hydrogen (secondary N) is 1. The second kappa shape index (κ2) is 5.52. The quantitative estimate of drug-likeness (QED) is 0.786. The zero-order valence-corrected chi connectivity index (χ0v) is 10.7. The molecule has 0 saturated heterocycles. The van der Waals surface area contributed by atoms with Gasteiger partial charge < -0.3 is 15.3 Å². The first-order valence-corrected chi connectivity index (χ1v) is 6.35. The first kappa shape index (κ1) is 12.4. The van der Waals surface area contributed by atoms with Crippen LogP contribution in [0.5, 0.6) is 0 Å². The fraction of sp³-hybridized carbons (Fsp3) is 0.571. The number of likely N-dealkylation sites (N-methyl/N-ethyl adjacent to an activating group) is 1. The summed E-state index contributed by atoms with van der Waals surface area (Å²) >= 11 is 0. The van der Waals surface area contributed by atoms with Crippen molar-refractivity contribution in [2.75, 3.05) is 25.1 Å². The van der Waals surface area contributed by atoms with Gasteiger partial charge in [0.05, 0.1) is 6.61 Å². The Balaban J connectivity index is 2.10. The van der Waals surface area contributed by atoms with Crippen LogP contribution in [0.4, 0.5) is 5.69 Å². The first-order valence-electron chi connectivity index (χ1n) is 6.35. The lowest BCUT2D eigenvalue weighted by molar-refractivity contribution is 0.304. The topological polar surface area (TPSA) is 35.5 Å². The van der Waals surface area contributed by atoms with Gasteiger partial charge in [-0.1, -0.05) is 17.7 Å². The summed E-state index contributed by atoms with van der Waals surface area (Å²) in [5.74, 6) is 0. The van der Waals surface area contributed by atoms with Gasteiger partial charge in [-0.15, -0.1) is 0 Å². The van der Waals surface area contributed by atoms with Gasteiger partial charge in [0.1, 0.15) is 0 Å². The normalized spacial score (nSPS) is 15.0. The fourth-order valence-electron chi connectivity index (χ4n) is 2.04. The first-order chi connectivity index (χ1) is 8.20. The average Bonchev–Trinajstić information content (AvgIpc) is 3.10. The molecule has 94 valence electrons. The van der Waals surface area contributed by atoms with E-state index < -0.39 is 0 Å². The van der Waals surface area contributed by atoms with E-state index >= 15 is 0 Å². The van der Waals surface area contributed by atoms with Crippen molar-refractivity contribution in [3.05, 3.63) is 29.3 Å². The van der Waals surface area contributed by atoms with Crippen molar-refractivity contribution in [1.29, 1.82) is 0 Å². The molecule has 1 aliphatic carbocycles. The average molecular weight is 234 g/mol. The Hall–Kier alpha value is -1.06. The minimum atomic E-state index is 0.194. The molecular weight excluding hydrogens is 212 g/mol.